The van der Waals surface area contributed by atoms with Crippen molar-refractivity contribution in [1.82, 2.24) is 0 Å². The minimum Gasteiger partial charge on any atom is -0.462 e. The normalized spacial score (nSPS) is 43.1. The van der Waals surface area contributed by atoms with Gasteiger partial charge in [0, 0.05) is 18.2 Å². The second kappa shape index (κ2) is 9.84. The standard InChI is InChI=1S/C30H49BrO3/c1-17(2)18(3)28(33)27(31)19(4)24-10-11-25-23-9-8-21-16-22(34-20(5)32)12-14-29(21,6)26(23)13-15-30(24,25)7/h8,17-19,22-28,33H,9-16H2,1-7H3/t18-,19+,22+,23+,24-,25+,26+,27-,28+,29+,30-/m1/s1. The topological polar surface area (TPSA) is 46.5 Å². The van der Waals surface area contributed by atoms with Gasteiger partial charge in [0.25, 0.3) is 0 Å². The van der Waals surface area contributed by atoms with Crippen LogP contribution in [0.15, 0.2) is 11.6 Å². The number of esters is 1. The average Bonchev–Trinajstić information content (AvgIpc) is 3.14. The van der Waals surface area contributed by atoms with Crippen molar-refractivity contribution in [2.45, 2.75) is 117 Å². The van der Waals surface area contributed by atoms with Crippen molar-refractivity contribution in [1.29, 1.82) is 0 Å². The largest absolute Gasteiger partial charge is 0.462 e. The summed E-state index contributed by atoms with van der Waals surface area (Å²) in [4.78, 5) is 11.7. The number of allylic oxidation sites excluding steroid dienone is 1. The van der Waals surface area contributed by atoms with E-state index in [1.54, 1.807) is 12.5 Å². The number of rotatable bonds is 6. The molecule has 11 atom stereocenters. The highest BCUT2D eigenvalue weighted by Gasteiger charge is 2.60. The van der Waals surface area contributed by atoms with Crippen LogP contribution < -0.4 is 0 Å². The highest BCUT2D eigenvalue weighted by atomic mass is 79.9. The zero-order chi connectivity index (χ0) is 25.0. The third-order valence-electron chi connectivity index (χ3n) is 11.5. The van der Waals surface area contributed by atoms with Crippen molar-refractivity contribution < 1.29 is 14.6 Å². The van der Waals surface area contributed by atoms with Gasteiger partial charge in [0.05, 0.1) is 6.10 Å². The third-order valence-corrected chi connectivity index (χ3v) is 12.9. The van der Waals surface area contributed by atoms with E-state index < -0.39 is 0 Å². The zero-order valence-electron chi connectivity index (χ0n) is 22.6. The molecule has 0 aromatic carbocycles. The molecule has 194 valence electrons. The summed E-state index contributed by atoms with van der Waals surface area (Å²) in [6.07, 6.45) is 11.9. The van der Waals surface area contributed by atoms with Crippen LogP contribution in [0, 0.1) is 52.3 Å². The number of hydrogen-bond acceptors (Lipinski definition) is 3. The van der Waals surface area contributed by atoms with Crippen LogP contribution in [0.2, 0.25) is 0 Å². The molecule has 0 spiro atoms. The summed E-state index contributed by atoms with van der Waals surface area (Å²) in [6.45, 7) is 15.7. The van der Waals surface area contributed by atoms with Crippen molar-refractivity contribution >= 4 is 21.9 Å². The smallest absolute Gasteiger partial charge is 0.302 e. The Morgan fingerprint density at radius 1 is 1.09 bits per heavy atom. The Morgan fingerprint density at radius 3 is 2.44 bits per heavy atom. The first-order chi connectivity index (χ1) is 15.9. The van der Waals surface area contributed by atoms with E-state index >= 15 is 0 Å². The fraction of sp³-hybridized carbons (Fsp3) is 0.900. The Bertz CT molecular complexity index is 792. The minimum atomic E-state index is -0.291. The maximum atomic E-state index is 11.5. The van der Waals surface area contributed by atoms with E-state index in [0.717, 1.165) is 37.0 Å². The highest BCUT2D eigenvalue weighted by molar-refractivity contribution is 9.09. The fourth-order valence-electron chi connectivity index (χ4n) is 9.08. The van der Waals surface area contributed by atoms with E-state index in [-0.39, 0.29) is 28.4 Å². The summed E-state index contributed by atoms with van der Waals surface area (Å²) in [5.41, 5.74) is 2.24. The lowest BCUT2D eigenvalue weighted by atomic mass is 9.47. The lowest BCUT2D eigenvalue weighted by Gasteiger charge is -2.58. The summed E-state index contributed by atoms with van der Waals surface area (Å²) in [6, 6.07) is 0. The molecule has 4 heteroatoms. The number of fused-ring (bicyclic) bond motifs is 5. The van der Waals surface area contributed by atoms with Gasteiger partial charge in [-0.05, 0) is 97.2 Å². The first-order valence-corrected chi connectivity index (χ1v) is 15.0. The van der Waals surface area contributed by atoms with Gasteiger partial charge in [-0.2, -0.15) is 0 Å². The second-order valence-corrected chi connectivity index (χ2v) is 14.4. The van der Waals surface area contributed by atoms with Gasteiger partial charge in [0.1, 0.15) is 6.10 Å². The van der Waals surface area contributed by atoms with E-state index in [2.05, 4.69) is 63.5 Å². The van der Waals surface area contributed by atoms with Crippen molar-refractivity contribution in [3.05, 3.63) is 11.6 Å². The fourth-order valence-corrected chi connectivity index (χ4v) is 9.93. The molecule has 34 heavy (non-hydrogen) atoms. The van der Waals surface area contributed by atoms with Gasteiger partial charge in [-0.3, -0.25) is 4.79 Å². The van der Waals surface area contributed by atoms with Crippen LogP contribution in [-0.4, -0.2) is 28.1 Å². The van der Waals surface area contributed by atoms with Crippen LogP contribution in [0.3, 0.4) is 0 Å². The SMILES string of the molecule is CC(=O)O[C@H]1CC[C@@]2(C)C(=CC[C@H]3[C@@H]4CC[C@H]([C@H](C)[C@@H](Br)[C@@H](O)[C@H](C)C(C)C)[C@@]4(C)CC[C@@H]32)C1. The van der Waals surface area contributed by atoms with E-state index in [1.807, 2.05) is 0 Å². The summed E-state index contributed by atoms with van der Waals surface area (Å²) in [7, 11) is 0. The minimum absolute atomic E-state index is 0.0782. The Balaban J connectivity index is 1.51. The van der Waals surface area contributed by atoms with Crippen molar-refractivity contribution in [2.24, 2.45) is 52.3 Å². The first kappa shape index (κ1) is 26.7. The van der Waals surface area contributed by atoms with E-state index in [0.29, 0.717) is 29.1 Å². The summed E-state index contributed by atoms with van der Waals surface area (Å²) < 4.78 is 5.62. The van der Waals surface area contributed by atoms with Crippen LogP contribution in [0.4, 0.5) is 0 Å². The van der Waals surface area contributed by atoms with Crippen LogP contribution in [-0.2, 0) is 9.53 Å². The van der Waals surface area contributed by atoms with Gasteiger partial charge in [0.2, 0.25) is 0 Å². The lowest BCUT2D eigenvalue weighted by Crippen LogP contribution is -2.51. The van der Waals surface area contributed by atoms with Gasteiger partial charge in [-0.1, -0.05) is 69.1 Å². The first-order valence-electron chi connectivity index (χ1n) is 14.1. The van der Waals surface area contributed by atoms with Crippen LogP contribution in [0.1, 0.15) is 99.8 Å². The Labute approximate surface area is 217 Å². The van der Waals surface area contributed by atoms with E-state index in [1.165, 1.54) is 32.1 Å². The molecule has 3 fully saturated rings. The van der Waals surface area contributed by atoms with Crippen molar-refractivity contribution in [2.75, 3.05) is 0 Å². The number of aliphatic hydroxyl groups excluding tert-OH is 1. The molecule has 0 aromatic rings. The number of carbonyl (C=O) groups excluding carboxylic acids is 1. The molecule has 0 aromatic heterocycles. The molecule has 0 radical (unpaired) electrons. The van der Waals surface area contributed by atoms with Crippen LogP contribution >= 0.6 is 15.9 Å². The molecule has 3 nitrogen and oxygen atoms in total. The molecule has 3 saturated carbocycles. The number of alkyl halides is 1. The summed E-state index contributed by atoms with van der Waals surface area (Å²) in [5.74, 6) is 4.15. The summed E-state index contributed by atoms with van der Waals surface area (Å²) in [5, 5.41) is 11.1. The van der Waals surface area contributed by atoms with Gasteiger partial charge < -0.3 is 9.84 Å². The molecule has 0 saturated heterocycles. The lowest BCUT2D eigenvalue weighted by molar-refractivity contribution is -0.148. The van der Waals surface area contributed by atoms with Crippen LogP contribution in [0.25, 0.3) is 0 Å². The van der Waals surface area contributed by atoms with Crippen molar-refractivity contribution in [3.8, 4) is 0 Å². The molecular formula is C30H49BrO3. The molecule has 1 N–H and O–H groups in total. The third kappa shape index (κ3) is 4.46. The molecule has 0 unspecified atom stereocenters. The molecule has 4 aliphatic rings. The average molecular weight is 538 g/mol. The molecule has 0 aliphatic heterocycles. The van der Waals surface area contributed by atoms with E-state index in [9.17, 15) is 9.90 Å². The predicted molar refractivity (Wildman–Crippen MR) is 143 cm³/mol. The van der Waals surface area contributed by atoms with Crippen molar-refractivity contribution in [3.63, 3.8) is 0 Å². The van der Waals surface area contributed by atoms with Gasteiger partial charge in [0.15, 0.2) is 0 Å². The maximum absolute atomic E-state index is 11.5. The number of aliphatic hydroxyl groups is 1. The summed E-state index contributed by atoms with van der Waals surface area (Å²) >= 11 is 3.98. The Hall–Kier alpha value is -0.350. The van der Waals surface area contributed by atoms with Gasteiger partial charge in [-0.15, -0.1) is 0 Å². The highest BCUT2D eigenvalue weighted by Crippen LogP contribution is 2.67. The van der Waals surface area contributed by atoms with E-state index in [4.69, 9.17) is 4.74 Å². The number of ether oxygens (including phenoxy) is 1. The molecule has 4 rings (SSSR count). The molecule has 0 heterocycles. The second-order valence-electron chi connectivity index (χ2n) is 13.4. The zero-order valence-corrected chi connectivity index (χ0v) is 24.2. The number of hydrogen-bond donors (Lipinski definition) is 1. The number of halogens is 1. The molecular weight excluding hydrogens is 488 g/mol. The Morgan fingerprint density at radius 2 is 1.79 bits per heavy atom. The monoisotopic (exact) mass is 536 g/mol. The molecule has 0 bridgehead atoms. The molecule has 4 aliphatic carbocycles. The quantitative estimate of drug-likeness (QED) is 0.216. The predicted octanol–water partition coefficient (Wildman–Crippen LogP) is 7.55. The van der Waals surface area contributed by atoms with Gasteiger partial charge in [-0.25, -0.2) is 0 Å². The molecule has 0 amide bonds. The number of carbonyl (C=O) groups is 1. The van der Waals surface area contributed by atoms with Gasteiger partial charge >= 0.3 is 5.97 Å². The maximum Gasteiger partial charge on any atom is 0.302 e. The van der Waals surface area contributed by atoms with Crippen LogP contribution in [0.5, 0.6) is 0 Å². The Kier molecular flexibility index (Phi) is 7.73.